The van der Waals surface area contributed by atoms with Crippen LogP contribution in [0.2, 0.25) is 0 Å². The Hall–Kier alpha value is -1.17. The van der Waals surface area contributed by atoms with Gasteiger partial charge in [0.15, 0.2) is 0 Å². The Labute approximate surface area is 131 Å². The van der Waals surface area contributed by atoms with Gasteiger partial charge in [-0.1, -0.05) is 6.92 Å². The summed E-state index contributed by atoms with van der Waals surface area (Å²) in [7, 11) is 0. The smallest absolute Gasteiger partial charge is 0.123 e. The van der Waals surface area contributed by atoms with E-state index in [9.17, 15) is 9.50 Å². The molecule has 1 N–H and O–H groups in total. The van der Waals surface area contributed by atoms with Gasteiger partial charge in [0, 0.05) is 13.1 Å². The van der Waals surface area contributed by atoms with Crippen LogP contribution in [0.5, 0.6) is 5.75 Å². The molecule has 0 aromatic heterocycles. The average molecular weight is 311 g/mol. The Bertz CT molecular complexity index is 426. The van der Waals surface area contributed by atoms with E-state index < -0.39 is 6.10 Å². The van der Waals surface area contributed by atoms with Gasteiger partial charge in [-0.05, 0) is 49.6 Å². The van der Waals surface area contributed by atoms with Crippen LogP contribution < -0.4 is 4.74 Å². The standard InChI is InChI=1S/C17H26FNO3/c1-14-3-2-8-19(11-14)12-16(20)13-21-9-10-22-17-6-4-15(18)5-7-17/h4-7,14,16,20H,2-3,8-13H2,1H3/t14-,16+/m0/s1. The second-order valence-corrected chi connectivity index (χ2v) is 6.04. The first-order chi connectivity index (χ1) is 10.6. The fourth-order valence-corrected chi connectivity index (χ4v) is 2.77. The summed E-state index contributed by atoms with van der Waals surface area (Å²) in [6.45, 7) is 6.16. The molecule has 124 valence electrons. The Morgan fingerprint density at radius 1 is 1.32 bits per heavy atom. The van der Waals surface area contributed by atoms with Gasteiger partial charge in [-0.25, -0.2) is 4.39 Å². The minimum absolute atomic E-state index is 0.279. The summed E-state index contributed by atoms with van der Waals surface area (Å²) in [5.41, 5.74) is 0. The zero-order chi connectivity index (χ0) is 15.8. The molecular weight excluding hydrogens is 285 g/mol. The minimum atomic E-state index is -0.462. The van der Waals surface area contributed by atoms with Crippen LogP contribution >= 0.6 is 0 Å². The van der Waals surface area contributed by atoms with Crippen molar-refractivity contribution in [2.75, 3.05) is 39.5 Å². The fraction of sp³-hybridized carbons (Fsp3) is 0.647. The number of aliphatic hydroxyl groups excluding tert-OH is 1. The summed E-state index contributed by atoms with van der Waals surface area (Å²) in [5, 5.41) is 9.99. The number of ether oxygens (including phenoxy) is 2. The monoisotopic (exact) mass is 311 g/mol. The molecule has 1 aliphatic rings. The Morgan fingerprint density at radius 2 is 2.09 bits per heavy atom. The highest BCUT2D eigenvalue weighted by Gasteiger charge is 2.18. The minimum Gasteiger partial charge on any atom is -0.491 e. The lowest BCUT2D eigenvalue weighted by atomic mass is 10.0. The number of hydrogen-bond donors (Lipinski definition) is 1. The van der Waals surface area contributed by atoms with Crippen LogP contribution in [-0.4, -0.2) is 55.6 Å². The van der Waals surface area contributed by atoms with Crippen molar-refractivity contribution in [1.29, 1.82) is 0 Å². The van der Waals surface area contributed by atoms with Gasteiger partial charge >= 0.3 is 0 Å². The van der Waals surface area contributed by atoms with Crippen molar-refractivity contribution in [2.45, 2.75) is 25.9 Å². The van der Waals surface area contributed by atoms with Crippen LogP contribution in [0.15, 0.2) is 24.3 Å². The summed E-state index contributed by atoms with van der Waals surface area (Å²) in [6.07, 6.45) is 2.03. The Balaban J connectivity index is 1.53. The lowest BCUT2D eigenvalue weighted by molar-refractivity contribution is 0.00222. The third kappa shape index (κ3) is 6.30. The maximum Gasteiger partial charge on any atom is 0.123 e. The number of benzene rings is 1. The van der Waals surface area contributed by atoms with E-state index in [4.69, 9.17) is 9.47 Å². The van der Waals surface area contributed by atoms with E-state index in [-0.39, 0.29) is 5.82 Å². The lowest BCUT2D eigenvalue weighted by Gasteiger charge is -2.32. The molecular formula is C17H26FNO3. The predicted molar refractivity (Wildman–Crippen MR) is 83.6 cm³/mol. The molecule has 0 saturated carbocycles. The SMILES string of the molecule is C[C@H]1CCCN(C[C@@H](O)COCCOc2ccc(F)cc2)C1. The van der Waals surface area contributed by atoms with Crippen LogP contribution in [-0.2, 0) is 4.74 Å². The van der Waals surface area contributed by atoms with Crippen molar-refractivity contribution in [1.82, 2.24) is 4.90 Å². The fourth-order valence-electron chi connectivity index (χ4n) is 2.77. The van der Waals surface area contributed by atoms with Crippen molar-refractivity contribution < 1.29 is 19.0 Å². The van der Waals surface area contributed by atoms with Crippen molar-refractivity contribution in [3.63, 3.8) is 0 Å². The quantitative estimate of drug-likeness (QED) is 0.748. The molecule has 5 heteroatoms. The zero-order valence-electron chi connectivity index (χ0n) is 13.2. The van der Waals surface area contributed by atoms with Crippen LogP contribution in [0.1, 0.15) is 19.8 Å². The Morgan fingerprint density at radius 3 is 2.82 bits per heavy atom. The van der Waals surface area contributed by atoms with E-state index in [1.807, 2.05) is 0 Å². The van der Waals surface area contributed by atoms with Gasteiger partial charge < -0.3 is 19.5 Å². The highest BCUT2D eigenvalue weighted by atomic mass is 19.1. The van der Waals surface area contributed by atoms with E-state index in [0.29, 0.717) is 38.0 Å². The molecule has 2 atom stereocenters. The molecule has 1 saturated heterocycles. The van der Waals surface area contributed by atoms with Crippen LogP contribution in [0, 0.1) is 11.7 Å². The van der Waals surface area contributed by atoms with E-state index in [2.05, 4.69) is 11.8 Å². The van der Waals surface area contributed by atoms with Crippen molar-refractivity contribution in [3.8, 4) is 5.75 Å². The molecule has 1 aromatic carbocycles. The lowest BCUT2D eigenvalue weighted by Crippen LogP contribution is -2.40. The number of piperidine rings is 1. The summed E-state index contributed by atoms with van der Waals surface area (Å²) in [5.74, 6) is 1.05. The number of aliphatic hydroxyl groups is 1. The van der Waals surface area contributed by atoms with Crippen LogP contribution in [0.4, 0.5) is 4.39 Å². The van der Waals surface area contributed by atoms with Gasteiger partial charge in [-0.2, -0.15) is 0 Å². The maximum atomic E-state index is 12.7. The zero-order valence-corrected chi connectivity index (χ0v) is 13.2. The van der Waals surface area contributed by atoms with Gasteiger partial charge in [0.2, 0.25) is 0 Å². The van der Waals surface area contributed by atoms with Crippen LogP contribution in [0.3, 0.4) is 0 Å². The molecule has 0 unspecified atom stereocenters. The number of β-amino-alcohol motifs (C(OH)–C–C–N with tert-alkyl or cyclic N) is 1. The van der Waals surface area contributed by atoms with Crippen molar-refractivity contribution >= 4 is 0 Å². The highest BCUT2D eigenvalue weighted by Crippen LogP contribution is 2.15. The predicted octanol–water partition coefficient (Wildman–Crippen LogP) is 2.31. The molecule has 1 heterocycles. The van der Waals surface area contributed by atoms with Gasteiger partial charge in [-0.3, -0.25) is 0 Å². The second kappa shape index (κ2) is 9.08. The van der Waals surface area contributed by atoms with E-state index in [0.717, 1.165) is 13.1 Å². The molecule has 1 aliphatic heterocycles. The number of hydrogen-bond acceptors (Lipinski definition) is 4. The van der Waals surface area contributed by atoms with E-state index in [1.165, 1.54) is 25.0 Å². The largest absolute Gasteiger partial charge is 0.491 e. The first-order valence-electron chi connectivity index (χ1n) is 8.00. The van der Waals surface area contributed by atoms with E-state index >= 15 is 0 Å². The third-order valence-electron chi connectivity index (χ3n) is 3.83. The van der Waals surface area contributed by atoms with Crippen molar-refractivity contribution in [2.24, 2.45) is 5.92 Å². The molecule has 0 spiro atoms. The number of rotatable bonds is 8. The highest BCUT2D eigenvalue weighted by molar-refractivity contribution is 5.21. The van der Waals surface area contributed by atoms with Gasteiger partial charge in [-0.15, -0.1) is 0 Å². The number of likely N-dealkylation sites (tertiary alicyclic amines) is 1. The topological polar surface area (TPSA) is 41.9 Å². The summed E-state index contributed by atoms with van der Waals surface area (Å²) in [6, 6.07) is 5.89. The maximum absolute atomic E-state index is 12.7. The third-order valence-corrected chi connectivity index (χ3v) is 3.83. The summed E-state index contributed by atoms with van der Waals surface area (Å²) < 4.78 is 23.6. The van der Waals surface area contributed by atoms with E-state index in [1.54, 1.807) is 12.1 Å². The molecule has 0 amide bonds. The summed E-state index contributed by atoms with van der Waals surface area (Å²) in [4.78, 5) is 2.30. The molecule has 0 radical (unpaired) electrons. The number of halogens is 1. The molecule has 0 aliphatic carbocycles. The van der Waals surface area contributed by atoms with Crippen molar-refractivity contribution in [3.05, 3.63) is 30.1 Å². The first kappa shape index (κ1) is 17.2. The second-order valence-electron chi connectivity index (χ2n) is 6.04. The number of nitrogens with zero attached hydrogens (tertiary/aromatic N) is 1. The summed E-state index contributed by atoms with van der Waals surface area (Å²) >= 11 is 0. The van der Waals surface area contributed by atoms with Gasteiger partial charge in [0.25, 0.3) is 0 Å². The van der Waals surface area contributed by atoms with Gasteiger partial charge in [0.1, 0.15) is 18.2 Å². The Kier molecular flexibility index (Phi) is 7.09. The van der Waals surface area contributed by atoms with Crippen LogP contribution in [0.25, 0.3) is 0 Å². The molecule has 2 rings (SSSR count). The average Bonchev–Trinajstić information content (AvgIpc) is 2.49. The van der Waals surface area contributed by atoms with Gasteiger partial charge in [0.05, 0.1) is 19.3 Å². The molecule has 22 heavy (non-hydrogen) atoms. The first-order valence-corrected chi connectivity index (χ1v) is 8.00. The normalized spacial score (nSPS) is 20.8. The molecule has 4 nitrogen and oxygen atoms in total. The molecule has 0 bridgehead atoms. The molecule has 1 fully saturated rings. The molecule has 1 aromatic rings.